The minimum atomic E-state index is -0.232. The second-order valence-electron chi connectivity index (χ2n) is 5.61. The van der Waals surface area contributed by atoms with E-state index in [2.05, 4.69) is 4.99 Å². The summed E-state index contributed by atoms with van der Waals surface area (Å²) in [4.78, 5) is 18.7. The molecule has 0 fully saturated rings. The highest BCUT2D eigenvalue weighted by Crippen LogP contribution is 2.22. The highest BCUT2D eigenvalue weighted by atomic mass is 32.2. The van der Waals surface area contributed by atoms with Crippen LogP contribution in [0.2, 0.25) is 0 Å². The molecule has 1 amide bonds. The van der Waals surface area contributed by atoms with Crippen molar-refractivity contribution in [3.05, 3.63) is 65.5 Å². The molecule has 0 radical (unpaired) electrons. The second-order valence-corrected chi connectivity index (χ2v) is 6.56. The standard InChI is InChI=1S/C19H19FN2O2S/c1-24-16-8-6-14(7-9-16)12-18(23)22-11-10-21-19(22)25-13-15-4-2-3-5-17(15)20/h2-9H,10-13H2,1H3. The van der Waals surface area contributed by atoms with Crippen molar-refractivity contribution in [2.45, 2.75) is 12.2 Å². The van der Waals surface area contributed by atoms with Crippen LogP contribution >= 0.6 is 11.8 Å². The van der Waals surface area contributed by atoms with Gasteiger partial charge in [0.2, 0.25) is 5.91 Å². The lowest BCUT2D eigenvalue weighted by molar-refractivity contribution is -0.126. The molecule has 0 spiro atoms. The molecule has 3 rings (SSSR count). The van der Waals surface area contributed by atoms with Crippen molar-refractivity contribution in [2.75, 3.05) is 20.2 Å². The number of methoxy groups -OCH3 is 1. The zero-order valence-electron chi connectivity index (χ0n) is 13.9. The minimum Gasteiger partial charge on any atom is -0.497 e. The van der Waals surface area contributed by atoms with E-state index in [1.807, 2.05) is 30.3 Å². The van der Waals surface area contributed by atoms with Crippen molar-refractivity contribution in [2.24, 2.45) is 4.99 Å². The van der Waals surface area contributed by atoms with E-state index < -0.39 is 0 Å². The minimum absolute atomic E-state index is 0.00227. The number of carbonyl (C=O) groups is 1. The first-order valence-electron chi connectivity index (χ1n) is 8.01. The Hall–Kier alpha value is -2.34. The number of nitrogens with zero attached hydrogens (tertiary/aromatic N) is 2. The van der Waals surface area contributed by atoms with Crippen molar-refractivity contribution in [1.82, 2.24) is 4.90 Å². The van der Waals surface area contributed by atoms with Gasteiger partial charge in [0, 0.05) is 12.3 Å². The molecule has 1 aliphatic rings. The lowest BCUT2D eigenvalue weighted by Gasteiger charge is -2.18. The number of thioether (sulfide) groups is 1. The van der Waals surface area contributed by atoms with Gasteiger partial charge < -0.3 is 4.74 Å². The Kier molecular flexibility index (Phi) is 5.71. The van der Waals surface area contributed by atoms with Crippen molar-refractivity contribution in [1.29, 1.82) is 0 Å². The monoisotopic (exact) mass is 358 g/mol. The highest BCUT2D eigenvalue weighted by molar-refractivity contribution is 8.13. The van der Waals surface area contributed by atoms with E-state index in [1.54, 1.807) is 24.1 Å². The number of hydrogen-bond acceptors (Lipinski definition) is 4. The third-order valence-corrected chi connectivity index (χ3v) is 4.99. The Bertz CT molecular complexity index is 777. The fourth-order valence-corrected chi connectivity index (χ4v) is 3.60. The van der Waals surface area contributed by atoms with E-state index in [1.165, 1.54) is 17.8 Å². The van der Waals surface area contributed by atoms with Gasteiger partial charge in [0.15, 0.2) is 5.17 Å². The normalized spacial score (nSPS) is 13.7. The molecule has 2 aromatic carbocycles. The molecule has 0 saturated carbocycles. The zero-order valence-corrected chi connectivity index (χ0v) is 14.8. The van der Waals surface area contributed by atoms with Gasteiger partial charge in [0.25, 0.3) is 0 Å². The maximum Gasteiger partial charge on any atom is 0.233 e. The van der Waals surface area contributed by atoms with Crippen molar-refractivity contribution >= 4 is 22.8 Å². The molecule has 0 bridgehead atoms. The summed E-state index contributed by atoms with van der Waals surface area (Å²) < 4.78 is 18.9. The van der Waals surface area contributed by atoms with Gasteiger partial charge in [-0.25, -0.2) is 4.39 Å². The third-order valence-electron chi connectivity index (χ3n) is 3.93. The van der Waals surface area contributed by atoms with Gasteiger partial charge in [-0.3, -0.25) is 14.7 Å². The molecule has 0 aromatic heterocycles. The number of amides is 1. The van der Waals surface area contributed by atoms with Crippen LogP contribution in [-0.4, -0.2) is 36.2 Å². The molecule has 6 heteroatoms. The average molecular weight is 358 g/mol. The molecule has 0 atom stereocenters. The van der Waals surface area contributed by atoms with E-state index in [-0.39, 0.29) is 11.7 Å². The molecule has 4 nitrogen and oxygen atoms in total. The van der Waals surface area contributed by atoms with Gasteiger partial charge >= 0.3 is 0 Å². The molecule has 0 N–H and O–H groups in total. The molecule has 0 saturated heterocycles. The maximum atomic E-state index is 13.7. The Morgan fingerprint density at radius 3 is 2.72 bits per heavy atom. The van der Waals surface area contributed by atoms with Crippen LogP contribution in [-0.2, 0) is 17.0 Å². The Morgan fingerprint density at radius 2 is 2.00 bits per heavy atom. The number of carbonyl (C=O) groups excluding carboxylic acids is 1. The molecule has 1 heterocycles. The van der Waals surface area contributed by atoms with Gasteiger partial charge in [0.1, 0.15) is 11.6 Å². The Balaban J connectivity index is 1.60. The Morgan fingerprint density at radius 1 is 1.24 bits per heavy atom. The van der Waals surface area contributed by atoms with E-state index in [0.29, 0.717) is 36.0 Å². The van der Waals surface area contributed by atoms with Gasteiger partial charge in [-0.05, 0) is 29.3 Å². The summed E-state index contributed by atoms with van der Waals surface area (Å²) in [5.74, 6) is 0.991. The van der Waals surface area contributed by atoms with Crippen LogP contribution in [0.15, 0.2) is 53.5 Å². The summed E-state index contributed by atoms with van der Waals surface area (Å²) >= 11 is 1.40. The molecule has 2 aromatic rings. The first-order chi connectivity index (χ1) is 12.2. The van der Waals surface area contributed by atoms with Crippen molar-refractivity contribution in [3.63, 3.8) is 0 Å². The fraction of sp³-hybridized carbons (Fsp3) is 0.263. The zero-order chi connectivity index (χ0) is 17.6. The molecule has 1 aliphatic heterocycles. The van der Waals surface area contributed by atoms with Crippen LogP contribution in [0.4, 0.5) is 4.39 Å². The molecular weight excluding hydrogens is 339 g/mol. The number of benzene rings is 2. The smallest absolute Gasteiger partial charge is 0.233 e. The number of hydrogen-bond donors (Lipinski definition) is 0. The largest absolute Gasteiger partial charge is 0.497 e. The van der Waals surface area contributed by atoms with E-state index in [4.69, 9.17) is 4.74 Å². The van der Waals surface area contributed by atoms with E-state index in [0.717, 1.165) is 11.3 Å². The van der Waals surface area contributed by atoms with E-state index >= 15 is 0 Å². The molecule has 0 aliphatic carbocycles. The van der Waals surface area contributed by atoms with Gasteiger partial charge in [-0.1, -0.05) is 42.1 Å². The average Bonchev–Trinajstić information content (AvgIpc) is 3.10. The predicted molar refractivity (Wildman–Crippen MR) is 98.4 cm³/mol. The number of ether oxygens (including phenoxy) is 1. The lowest BCUT2D eigenvalue weighted by Crippen LogP contribution is -2.34. The Labute approximate surface area is 150 Å². The van der Waals surface area contributed by atoms with Crippen LogP contribution < -0.4 is 4.74 Å². The van der Waals surface area contributed by atoms with Crippen LogP contribution in [0.5, 0.6) is 5.75 Å². The van der Waals surface area contributed by atoms with Gasteiger partial charge in [-0.2, -0.15) is 0 Å². The summed E-state index contributed by atoms with van der Waals surface area (Å²) in [5.41, 5.74) is 1.54. The summed E-state index contributed by atoms with van der Waals surface area (Å²) in [6.07, 6.45) is 0.309. The summed E-state index contributed by atoms with van der Waals surface area (Å²) in [5, 5.41) is 0.668. The van der Waals surface area contributed by atoms with E-state index in [9.17, 15) is 9.18 Å². The molecular formula is C19H19FN2O2S. The second kappa shape index (κ2) is 8.16. The fourth-order valence-electron chi connectivity index (χ4n) is 2.55. The van der Waals surface area contributed by atoms with Gasteiger partial charge in [0.05, 0.1) is 20.1 Å². The van der Waals surface area contributed by atoms with Crippen LogP contribution in [0.25, 0.3) is 0 Å². The topological polar surface area (TPSA) is 41.9 Å². The van der Waals surface area contributed by atoms with Crippen LogP contribution in [0.3, 0.4) is 0 Å². The van der Waals surface area contributed by atoms with Crippen molar-refractivity contribution in [3.8, 4) is 5.75 Å². The quantitative estimate of drug-likeness (QED) is 0.821. The molecule has 25 heavy (non-hydrogen) atoms. The first-order valence-corrected chi connectivity index (χ1v) is 9.00. The van der Waals surface area contributed by atoms with Crippen LogP contribution in [0, 0.1) is 5.82 Å². The number of amidine groups is 1. The summed E-state index contributed by atoms with van der Waals surface area (Å²) in [7, 11) is 1.61. The third kappa shape index (κ3) is 4.39. The van der Waals surface area contributed by atoms with Crippen LogP contribution in [0.1, 0.15) is 11.1 Å². The SMILES string of the molecule is COc1ccc(CC(=O)N2CCN=C2SCc2ccccc2F)cc1. The number of rotatable bonds is 5. The number of halogens is 1. The highest BCUT2D eigenvalue weighted by Gasteiger charge is 2.24. The first kappa shape index (κ1) is 17.5. The maximum absolute atomic E-state index is 13.7. The molecule has 0 unspecified atom stereocenters. The number of aliphatic imine (C=N–C) groups is 1. The predicted octanol–water partition coefficient (Wildman–Crippen LogP) is 3.51. The van der Waals surface area contributed by atoms with Crippen molar-refractivity contribution < 1.29 is 13.9 Å². The molecule has 130 valence electrons. The lowest BCUT2D eigenvalue weighted by atomic mass is 10.1. The van der Waals surface area contributed by atoms with Gasteiger partial charge in [-0.15, -0.1) is 0 Å². The summed E-state index contributed by atoms with van der Waals surface area (Å²) in [6.45, 7) is 1.17. The summed E-state index contributed by atoms with van der Waals surface area (Å²) in [6, 6.07) is 14.1.